The zero-order valence-electron chi connectivity index (χ0n) is 11.3. The number of Topliss-reactive ketones (excluding diaryl/α,β-unsaturated/α-hetero) is 2. The molecule has 0 heterocycles. The van der Waals surface area contributed by atoms with Gasteiger partial charge in [0.2, 0.25) is 0 Å². The molecule has 2 unspecified atom stereocenters. The van der Waals surface area contributed by atoms with Crippen molar-refractivity contribution in [1.82, 2.24) is 0 Å². The van der Waals surface area contributed by atoms with Gasteiger partial charge >= 0.3 is 11.9 Å². The summed E-state index contributed by atoms with van der Waals surface area (Å²) in [5.41, 5.74) is -0.839. The SMILES string of the molecule is CC(=O)C1C(C(=O)O)C(C(=O)C(C)(C)C)C1C(=O)O. The van der Waals surface area contributed by atoms with E-state index in [2.05, 4.69) is 0 Å². The monoisotopic (exact) mass is 270 g/mol. The van der Waals surface area contributed by atoms with E-state index in [4.69, 9.17) is 10.2 Å². The molecular formula is C13H18O6. The van der Waals surface area contributed by atoms with E-state index in [1.165, 1.54) is 0 Å². The number of hydrogen-bond acceptors (Lipinski definition) is 4. The molecule has 106 valence electrons. The quantitative estimate of drug-likeness (QED) is 0.783. The molecule has 0 aromatic rings. The highest BCUT2D eigenvalue weighted by Crippen LogP contribution is 2.49. The van der Waals surface area contributed by atoms with Crippen LogP contribution in [0.1, 0.15) is 27.7 Å². The average molecular weight is 270 g/mol. The molecule has 0 radical (unpaired) electrons. The number of hydrogen-bond donors (Lipinski definition) is 2. The lowest BCUT2D eigenvalue weighted by atomic mass is 9.51. The second kappa shape index (κ2) is 4.75. The molecule has 0 aromatic carbocycles. The second-order valence-electron chi connectivity index (χ2n) is 6.00. The maximum Gasteiger partial charge on any atom is 0.308 e. The Kier molecular flexibility index (Phi) is 3.84. The first-order valence-corrected chi connectivity index (χ1v) is 6.00. The molecule has 2 N–H and O–H groups in total. The first kappa shape index (κ1) is 15.3. The van der Waals surface area contributed by atoms with Gasteiger partial charge in [0, 0.05) is 17.3 Å². The minimum absolute atomic E-state index is 0.426. The molecular weight excluding hydrogens is 252 g/mol. The third kappa shape index (κ3) is 2.52. The number of carboxylic acids is 2. The first-order valence-electron chi connectivity index (χ1n) is 6.00. The summed E-state index contributed by atoms with van der Waals surface area (Å²) < 4.78 is 0. The summed E-state index contributed by atoms with van der Waals surface area (Å²) in [6.07, 6.45) is 0. The number of carbonyl (C=O) groups is 4. The molecule has 1 aliphatic carbocycles. The number of carbonyl (C=O) groups excluding carboxylic acids is 2. The van der Waals surface area contributed by atoms with Crippen LogP contribution in [0.4, 0.5) is 0 Å². The number of rotatable bonds is 4. The van der Waals surface area contributed by atoms with E-state index in [1.807, 2.05) is 0 Å². The highest BCUT2D eigenvalue weighted by molar-refractivity contribution is 6.01. The van der Waals surface area contributed by atoms with Gasteiger partial charge in [-0.1, -0.05) is 20.8 Å². The van der Waals surface area contributed by atoms with Crippen LogP contribution in [-0.2, 0) is 19.2 Å². The van der Waals surface area contributed by atoms with E-state index >= 15 is 0 Å². The van der Waals surface area contributed by atoms with Crippen molar-refractivity contribution < 1.29 is 29.4 Å². The lowest BCUT2D eigenvalue weighted by molar-refractivity contribution is -0.181. The first-order chi connectivity index (χ1) is 8.50. The Morgan fingerprint density at radius 2 is 1.16 bits per heavy atom. The predicted molar refractivity (Wildman–Crippen MR) is 64.4 cm³/mol. The molecule has 1 fully saturated rings. The molecule has 0 bridgehead atoms. The lowest BCUT2D eigenvalue weighted by Gasteiger charge is -2.47. The highest BCUT2D eigenvalue weighted by atomic mass is 16.4. The molecule has 19 heavy (non-hydrogen) atoms. The van der Waals surface area contributed by atoms with Crippen molar-refractivity contribution in [2.75, 3.05) is 0 Å². The van der Waals surface area contributed by atoms with Crippen LogP contribution in [0, 0.1) is 29.1 Å². The Bertz CT molecular complexity index is 423. The van der Waals surface area contributed by atoms with Crippen molar-refractivity contribution in [3.05, 3.63) is 0 Å². The zero-order valence-corrected chi connectivity index (χ0v) is 11.3. The molecule has 2 atom stereocenters. The standard InChI is InChI=1S/C13H18O6/c1-5(14)6-8(11(16)17)7(9(6)12(18)19)10(15)13(2,3)4/h6-9H,1-4H3,(H,16,17)(H,18,19). The molecule has 1 aliphatic rings. The van der Waals surface area contributed by atoms with Crippen LogP contribution < -0.4 is 0 Å². The van der Waals surface area contributed by atoms with E-state index in [0.29, 0.717) is 0 Å². The van der Waals surface area contributed by atoms with Crippen molar-refractivity contribution in [2.24, 2.45) is 29.1 Å². The van der Waals surface area contributed by atoms with E-state index in [9.17, 15) is 19.2 Å². The maximum atomic E-state index is 12.2. The van der Waals surface area contributed by atoms with E-state index in [1.54, 1.807) is 20.8 Å². The Balaban J connectivity index is 3.19. The molecule has 6 heteroatoms. The predicted octanol–water partition coefficient (Wildman–Crippen LogP) is 0.838. The number of carboxylic acid groups (broad SMARTS) is 2. The molecule has 0 amide bonds. The van der Waals surface area contributed by atoms with Crippen molar-refractivity contribution in [1.29, 1.82) is 0 Å². The van der Waals surface area contributed by atoms with Crippen molar-refractivity contribution in [3.8, 4) is 0 Å². The summed E-state index contributed by atoms with van der Waals surface area (Å²) in [7, 11) is 0. The van der Waals surface area contributed by atoms with Gasteiger partial charge in [-0.25, -0.2) is 0 Å². The fourth-order valence-corrected chi connectivity index (χ4v) is 2.69. The van der Waals surface area contributed by atoms with Gasteiger partial charge in [-0.2, -0.15) is 0 Å². The van der Waals surface area contributed by atoms with Gasteiger partial charge in [-0.05, 0) is 6.92 Å². The summed E-state index contributed by atoms with van der Waals surface area (Å²) >= 11 is 0. The van der Waals surface area contributed by atoms with Crippen LogP contribution in [0.3, 0.4) is 0 Å². The van der Waals surface area contributed by atoms with Gasteiger partial charge in [0.1, 0.15) is 11.6 Å². The Labute approximate surface area is 110 Å². The van der Waals surface area contributed by atoms with Crippen LogP contribution in [-0.4, -0.2) is 33.7 Å². The Hall–Kier alpha value is -1.72. The largest absolute Gasteiger partial charge is 0.481 e. The molecule has 0 spiro atoms. The lowest BCUT2D eigenvalue weighted by Crippen LogP contribution is -2.61. The fraction of sp³-hybridized carbons (Fsp3) is 0.692. The van der Waals surface area contributed by atoms with Crippen LogP contribution >= 0.6 is 0 Å². The van der Waals surface area contributed by atoms with Crippen molar-refractivity contribution in [2.45, 2.75) is 27.7 Å². The summed E-state index contributed by atoms with van der Waals surface area (Å²) in [6.45, 7) is 5.98. The second-order valence-corrected chi connectivity index (χ2v) is 6.00. The highest BCUT2D eigenvalue weighted by Gasteiger charge is 2.63. The van der Waals surface area contributed by atoms with Crippen molar-refractivity contribution >= 4 is 23.5 Å². The molecule has 1 saturated carbocycles. The molecule has 0 aliphatic heterocycles. The molecule has 6 nitrogen and oxygen atoms in total. The molecule has 0 saturated heterocycles. The van der Waals surface area contributed by atoms with Crippen molar-refractivity contribution in [3.63, 3.8) is 0 Å². The Morgan fingerprint density at radius 3 is 1.37 bits per heavy atom. The van der Waals surface area contributed by atoms with E-state index in [0.717, 1.165) is 6.92 Å². The number of ketones is 2. The van der Waals surface area contributed by atoms with E-state index < -0.39 is 52.6 Å². The maximum absolute atomic E-state index is 12.2. The van der Waals surface area contributed by atoms with Gasteiger partial charge in [-0.15, -0.1) is 0 Å². The third-order valence-electron chi connectivity index (χ3n) is 3.63. The normalized spacial score (nSPS) is 30.3. The van der Waals surface area contributed by atoms with Crippen LogP contribution in [0.15, 0.2) is 0 Å². The van der Waals surface area contributed by atoms with Gasteiger partial charge in [0.25, 0.3) is 0 Å². The number of aliphatic carboxylic acids is 2. The van der Waals surface area contributed by atoms with E-state index in [-0.39, 0.29) is 0 Å². The molecule has 0 aromatic heterocycles. The minimum Gasteiger partial charge on any atom is -0.481 e. The molecule has 1 rings (SSSR count). The minimum atomic E-state index is -1.29. The van der Waals surface area contributed by atoms with Gasteiger partial charge in [0.05, 0.1) is 11.8 Å². The van der Waals surface area contributed by atoms with Crippen LogP contribution in [0.25, 0.3) is 0 Å². The summed E-state index contributed by atoms with van der Waals surface area (Å²) in [4.78, 5) is 46.1. The summed E-state index contributed by atoms with van der Waals surface area (Å²) in [5.74, 6) is -8.23. The smallest absolute Gasteiger partial charge is 0.308 e. The summed E-state index contributed by atoms with van der Waals surface area (Å²) in [6, 6.07) is 0. The van der Waals surface area contributed by atoms with Crippen LogP contribution in [0.2, 0.25) is 0 Å². The average Bonchev–Trinajstić information content (AvgIpc) is 2.11. The topological polar surface area (TPSA) is 109 Å². The van der Waals surface area contributed by atoms with Gasteiger partial charge < -0.3 is 10.2 Å². The summed E-state index contributed by atoms with van der Waals surface area (Å²) in [5, 5.41) is 18.3. The zero-order chi connectivity index (χ0) is 15.1. The fourth-order valence-electron chi connectivity index (χ4n) is 2.69. The van der Waals surface area contributed by atoms with Gasteiger partial charge in [0.15, 0.2) is 0 Å². The van der Waals surface area contributed by atoms with Crippen LogP contribution in [0.5, 0.6) is 0 Å². The third-order valence-corrected chi connectivity index (χ3v) is 3.63. The van der Waals surface area contributed by atoms with Gasteiger partial charge in [-0.3, -0.25) is 19.2 Å². The Morgan fingerprint density at radius 1 is 0.789 bits per heavy atom.